The summed E-state index contributed by atoms with van der Waals surface area (Å²) in [6, 6.07) is 0. The van der Waals surface area contributed by atoms with E-state index in [-0.39, 0.29) is 0 Å². The van der Waals surface area contributed by atoms with Gasteiger partial charge in [0.2, 0.25) is 0 Å². The van der Waals surface area contributed by atoms with Crippen LogP contribution in [-0.2, 0) is 10.8 Å². The predicted octanol–water partition coefficient (Wildman–Crippen LogP) is 5.96. The summed E-state index contributed by atoms with van der Waals surface area (Å²) in [6.07, 6.45) is 15.4. The second-order valence-electron chi connectivity index (χ2n) is 6.01. The summed E-state index contributed by atoms with van der Waals surface area (Å²) in [5.41, 5.74) is 0. The Kier molecular flexibility index (Phi) is 12.8. The quantitative estimate of drug-likeness (QED) is 0.626. The number of hydrogen-bond acceptors (Lipinski definition) is 2. The van der Waals surface area contributed by atoms with E-state index in [1.165, 1.54) is 38.5 Å². The van der Waals surface area contributed by atoms with E-state index in [2.05, 4.69) is 25.8 Å². The number of hydrogen-bond donors (Lipinski definition) is 0. The number of allylic oxidation sites excluding steroid dienone is 1. The van der Waals surface area contributed by atoms with Gasteiger partial charge in [-0.3, -0.25) is 9.20 Å². The molecule has 0 saturated heterocycles. The minimum Gasteiger partial charge on any atom is -0.253 e. The van der Waals surface area contributed by atoms with Gasteiger partial charge in [0.15, 0.2) is 0 Å². The maximum atomic E-state index is 10.8. The maximum Gasteiger partial charge on any atom is 0.123 e. The van der Waals surface area contributed by atoms with Gasteiger partial charge in [0.1, 0.15) is 5.03 Å². The van der Waals surface area contributed by atoms with Crippen molar-refractivity contribution in [2.45, 2.75) is 79.6 Å². The van der Waals surface area contributed by atoms with Crippen LogP contribution in [0.3, 0.4) is 0 Å². The molecule has 1 aliphatic carbocycles. The van der Waals surface area contributed by atoms with Crippen molar-refractivity contribution in [3.63, 3.8) is 0 Å². The lowest BCUT2D eigenvalue weighted by Gasteiger charge is -2.26. The SMILES string of the molecule is CC.CCC1C=NC(S(C)=O)=C1.CCC1CCC(CC)CC1. The number of aliphatic imine (C=N–C) groups is 1. The zero-order valence-electron chi connectivity index (χ0n) is 15.6. The van der Waals surface area contributed by atoms with Gasteiger partial charge in [-0.15, -0.1) is 0 Å². The maximum absolute atomic E-state index is 10.8. The lowest BCUT2D eigenvalue weighted by atomic mass is 9.80. The van der Waals surface area contributed by atoms with E-state index in [1.54, 1.807) is 6.26 Å². The highest BCUT2D eigenvalue weighted by atomic mass is 32.2. The van der Waals surface area contributed by atoms with E-state index in [0.29, 0.717) is 5.92 Å². The van der Waals surface area contributed by atoms with Crippen molar-refractivity contribution in [2.75, 3.05) is 6.26 Å². The molecule has 1 saturated carbocycles. The van der Waals surface area contributed by atoms with Crippen LogP contribution in [0.4, 0.5) is 0 Å². The topological polar surface area (TPSA) is 29.4 Å². The average molecular weight is 328 g/mol. The first-order valence-electron chi connectivity index (χ1n) is 9.20. The largest absolute Gasteiger partial charge is 0.253 e. The van der Waals surface area contributed by atoms with Gasteiger partial charge in [-0.1, -0.05) is 73.1 Å². The minimum atomic E-state index is -0.900. The van der Waals surface area contributed by atoms with Crippen LogP contribution in [0.5, 0.6) is 0 Å². The molecule has 0 radical (unpaired) electrons. The van der Waals surface area contributed by atoms with Crippen LogP contribution in [-0.4, -0.2) is 16.7 Å². The highest BCUT2D eigenvalue weighted by Crippen LogP contribution is 2.31. The van der Waals surface area contributed by atoms with Gasteiger partial charge in [-0.05, 0) is 24.3 Å². The van der Waals surface area contributed by atoms with Gasteiger partial charge >= 0.3 is 0 Å². The third-order valence-electron chi connectivity index (χ3n) is 4.64. The molecule has 2 atom stereocenters. The van der Waals surface area contributed by atoms with Gasteiger partial charge in [-0.2, -0.15) is 0 Å². The molecule has 1 heterocycles. The third-order valence-corrected chi connectivity index (χ3v) is 5.47. The summed E-state index contributed by atoms with van der Waals surface area (Å²) in [6.45, 7) is 10.8. The molecule has 0 spiro atoms. The van der Waals surface area contributed by atoms with Crippen molar-refractivity contribution in [3.05, 3.63) is 11.1 Å². The molecule has 0 aromatic rings. The molecule has 130 valence electrons. The third kappa shape index (κ3) is 8.26. The van der Waals surface area contributed by atoms with Gasteiger partial charge < -0.3 is 0 Å². The highest BCUT2D eigenvalue weighted by molar-refractivity contribution is 7.88. The Hall–Kier alpha value is -0.440. The zero-order valence-corrected chi connectivity index (χ0v) is 16.4. The second kappa shape index (κ2) is 13.0. The summed E-state index contributed by atoms with van der Waals surface area (Å²) in [4.78, 5) is 4.02. The summed E-state index contributed by atoms with van der Waals surface area (Å²) in [5, 5.41) is 0.729. The Morgan fingerprint density at radius 1 is 1.00 bits per heavy atom. The molecule has 0 aromatic heterocycles. The molecular weight excluding hydrogens is 290 g/mol. The molecule has 0 amide bonds. The lowest BCUT2D eigenvalue weighted by Crippen LogP contribution is -2.12. The fourth-order valence-corrected chi connectivity index (χ4v) is 3.46. The smallest absolute Gasteiger partial charge is 0.123 e. The first-order chi connectivity index (χ1) is 10.6. The van der Waals surface area contributed by atoms with Crippen LogP contribution in [0.15, 0.2) is 16.1 Å². The van der Waals surface area contributed by atoms with Crippen molar-refractivity contribution >= 4 is 17.0 Å². The van der Waals surface area contributed by atoms with E-state index in [1.807, 2.05) is 26.1 Å². The zero-order chi connectivity index (χ0) is 17.0. The lowest BCUT2D eigenvalue weighted by molar-refractivity contribution is 0.264. The molecule has 1 aliphatic heterocycles. The fourth-order valence-electron chi connectivity index (χ4n) is 2.88. The predicted molar refractivity (Wildman–Crippen MR) is 102 cm³/mol. The molecule has 0 bridgehead atoms. The monoisotopic (exact) mass is 327 g/mol. The van der Waals surface area contributed by atoms with E-state index in [9.17, 15) is 4.21 Å². The average Bonchev–Trinajstić information content (AvgIpc) is 3.07. The summed E-state index contributed by atoms with van der Waals surface area (Å²) >= 11 is 0. The van der Waals surface area contributed by atoms with Crippen LogP contribution in [0.2, 0.25) is 0 Å². The normalized spacial score (nSPS) is 27.9. The van der Waals surface area contributed by atoms with Crippen LogP contribution in [0.25, 0.3) is 0 Å². The van der Waals surface area contributed by atoms with Gasteiger partial charge in [0, 0.05) is 18.4 Å². The van der Waals surface area contributed by atoms with Crippen molar-refractivity contribution in [1.82, 2.24) is 0 Å². The summed E-state index contributed by atoms with van der Waals surface area (Å²) in [7, 11) is -0.900. The van der Waals surface area contributed by atoms with Crippen LogP contribution in [0, 0.1) is 17.8 Å². The molecule has 0 N–H and O–H groups in total. The molecular formula is C19H37NOS. The first kappa shape index (κ1) is 21.6. The summed E-state index contributed by atoms with van der Waals surface area (Å²) in [5.74, 6) is 2.56. The van der Waals surface area contributed by atoms with Gasteiger partial charge in [-0.25, -0.2) is 0 Å². The van der Waals surface area contributed by atoms with Crippen LogP contribution >= 0.6 is 0 Å². The first-order valence-corrected chi connectivity index (χ1v) is 10.8. The summed E-state index contributed by atoms with van der Waals surface area (Å²) < 4.78 is 10.8. The van der Waals surface area contributed by atoms with Crippen LogP contribution in [0.1, 0.15) is 79.6 Å². The number of rotatable bonds is 4. The minimum absolute atomic E-state index is 0.416. The molecule has 22 heavy (non-hydrogen) atoms. The van der Waals surface area contributed by atoms with Gasteiger partial charge in [0.05, 0.1) is 10.8 Å². The van der Waals surface area contributed by atoms with Crippen molar-refractivity contribution in [3.8, 4) is 0 Å². The Balaban J connectivity index is 0.000000360. The molecule has 2 aliphatic rings. The fraction of sp³-hybridized carbons (Fsp3) is 0.842. The van der Waals surface area contributed by atoms with E-state index in [0.717, 1.165) is 23.3 Å². The van der Waals surface area contributed by atoms with Crippen molar-refractivity contribution in [1.29, 1.82) is 0 Å². The molecule has 2 unspecified atom stereocenters. The van der Waals surface area contributed by atoms with Gasteiger partial charge in [0.25, 0.3) is 0 Å². The number of nitrogens with zero attached hydrogens (tertiary/aromatic N) is 1. The molecule has 0 aromatic carbocycles. The van der Waals surface area contributed by atoms with Crippen molar-refractivity contribution < 1.29 is 4.21 Å². The molecule has 2 rings (SSSR count). The molecule has 2 nitrogen and oxygen atoms in total. The Bertz CT molecular complexity index is 342. The second-order valence-corrected chi connectivity index (χ2v) is 7.34. The van der Waals surface area contributed by atoms with E-state index in [4.69, 9.17) is 0 Å². The Morgan fingerprint density at radius 3 is 1.68 bits per heavy atom. The van der Waals surface area contributed by atoms with Crippen molar-refractivity contribution in [2.24, 2.45) is 22.7 Å². The Labute approximate surface area is 141 Å². The highest BCUT2D eigenvalue weighted by Gasteiger charge is 2.17. The molecule has 1 fully saturated rings. The van der Waals surface area contributed by atoms with E-state index < -0.39 is 10.8 Å². The van der Waals surface area contributed by atoms with Crippen LogP contribution < -0.4 is 0 Å². The Morgan fingerprint density at radius 2 is 1.45 bits per heavy atom. The van der Waals surface area contributed by atoms with E-state index >= 15 is 0 Å². The molecule has 3 heteroatoms. The standard InChI is InChI=1S/C10H20.C7H11NOS.C2H6/c1-3-9-5-7-10(4-2)8-6-9;1-3-6-4-7(8-5-6)10(2)9;1-2/h9-10H,3-8H2,1-2H3;4-6H,3H2,1-2H3;1-2H3.